The van der Waals surface area contributed by atoms with Crippen LogP contribution < -0.4 is 10.2 Å². The number of anilines is 1. The molecule has 1 aliphatic rings. The molecule has 1 heterocycles. The molecule has 2 aromatic rings. The van der Waals surface area contributed by atoms with E-state index in [1.165, 1.54) is 0 Å². The highest BCUT2D eigenvalue weighted by Gasteiger charge is 2.23. The molecular weight excluding hydrogens is 350 g/mol. The molecule has 26 heavy (non-hydrogen) atoms. The van der Waals surface area contributed by atoms with Gasteiger partial charge in [-0.2, -0.15) is 0 Å². The van der Waals surface area contributed by atoms with E-state index in [0.717, 1.165) is 24.3 Å². The summed E-state index contributed by atoms with van der Waals surface area (Å²) in [6.45, 7) is 3.12. The zero-order valence-corrected chi connectivity index (χ0v) is 15.3. The number of carbonyl (C=O) groups excluding carboxylic acids is 2. The molecule has 2 aromatic carbocycles. The van der Waals surface area contributed by atoms with Crippen LogP contribution in [0.5, 0.6) is 0 Å². The summed E-state index contributed by atoms with van der Waals surface area (Å²) < 4.78 is 0. The monoisotopic (exact) mass is 371 g/mol. The second-order valence-electron chi connectivity index (χ2n) is 6.29. The van der Waals surface area contributed by atoms with Gasteiger partial charge in [0.05, 0.1) is 0 Å². The van der Waals surface area contributed by atoms with Gasteiger partial charge < -0.3 is 15.1 Å². The molecule has 1 aliphatic heterocycles. The summed E-state index contributed by atoms with van der Waals surface area (Å²) in [7, 11) is 0. The van der Waals surface area contributed by atoms with E-state index in [2.05, 4.69) is 10.2 Å². The highest BCUT2D eigenvalue weighted by Crippen LogP contribution is 2.20. The number of benzene rings is 2. The Balaban J connectivity index is 1.44. The summed E-state index contributed by atoms with van der Waals surface area (Å²) in [5.41, 5.74) is 2.08. The molecule has 6 heteroatoms. The number of amides is 2. The van der Waals surface area contributed by atoms with E-state index in [-0.39, 0.29) is 18.2 Å². The van der Waals surface area contributed by atoms with Gasteiger partial charge in [0, 0.05) is 43.4 Å². The van der Waals surface area contributed by atoms with Crippen LogP contribution in [0.1, 0.15) is 12.0 Å². The summed E-state index contributed by atoms with van der Waals surface area (Å²) in [6, 6.07) is 17.4. The maximum absolute atomic E-state index is 12.3. The van der Waals surface area contributed by atoms with Gasteiger partial charge >= 0.3 is 0 Å². The normalized spacial score (nSPS) is 14.2. The van der Waals surface area contributed by atoms with Crippen molar-refractivity contribution in [3.63, 3.8) is 0 Å². The lowest BCUT2D eigenvalue weighted by Crippen LogP contribution is -2.49. The minimum Gasteiger partial charge on any atom is -0.368 e. The van der Waals surface area contributed by atoms with E-state index in [1.54, 1.807) is 4.90 Å². The fraction of sp³-hybridized carbons (Fsp3) is 0.300. The third kappa shape index (κ3) is 4.99. The maximum Gasteiger partial charge on any atom is 0.232 e. The van der Waals surface area contributed by atoms with Crippen molar-refractivity contribution in [2.45, 2.75) is 13.0 Å². The molecule has 2 amide bonds. The highest BCUT2D eigenvalue weighted by atomic mass is 35.5. The molecule has 0 radical (unpaired) electrons. The second-order valence-corrected chi connectivity index (χ2v) is 6.72. The minimum atomic E-state index is -0.240. The van der Waals surface area contributed by atoms with Gasteiger partial charge in [0.15, 0.2) is 0 Å². The predicted octanol–water partition coefficient (Wildman–Crippen LogP) is 2.70. The Morgan fingerprint density at radius 2 is 1.69 bits per heavy atom. The number of rotatable bonds is 5. The molecular formula is C20H22ClN3O2. The molecule has 0 bridgehead atoms. The van der Waals surface area contributed by atoms with Crippen LogP contribution in [0.15, 0.2) is 54.6 Å². The Kier molecular flexibility index (Phi) is 6.12. The topological polar surface area (TPSA) is 52.7 Å². The van der Waals surface area contributed by atoms with Gasteiger partial charge in [-0.3, -0.25) is 9.59 Å². The average molecular weight is 372 g/mol. The van der Waals surface area contributed by atoms with E-state index < -0.39 is 0 Å². The molecule has 0 aromatic heterocycles. The van der Waals surface area contributed by atoms with Gasteiger partial charge in [-0.25, -0.2) is 0 Å². The van der Waals surface area contributed by atoms with Gasteiger partial charge in [-0.05, 0) is 23.8 Å². The SMILES string of the molecule is O=C(CC(=O)N1CCN(c2cccc(Cl)c2)CC1)NCc1ccccc1. The first-order valence-electron chi connectivity index (χ1n) is 8.71. The lowest BCUT2D eigenvalue weighted by molar-refractivity contribution is -0.136. The van der Waals surface area contributed by atoms with Crippen molar-refractivity contribution < 1.29 is 9.59 Å². The van der Waals surface area contributed by atoms with E-state index in [1.807, 2.05) is 54.6 Å². The van der Waals surface area contributed by atoms with Gasteiger partial charge in [-0.15, -0.1) is 0 Å². The van der Waals surface area contributed by atoms with Gasteiger partial charge in [0.2, 0.25) is 11.8 Å². The fourth-order valence-electron chi connectivity index (χ4n) is 3.00. The summed E-state index contributed by atoms with van der Waals surface area (Å²) in [6.07, 6.45) is -0.107. The number of carbonyl (C=O) groups is 2. The third-order valence-electron chi connectivity index (χ3n) is 4.45. The first-order valence-corrected chi connectivity index (χ1v) is 9.08. The number of piperazine rings is 1. The zero-order valence-electron chi connectivity index (χ0n) is 14.5. The van der Waals surface area contributed by atoms with Crippen molar-refractivity contribution in [1.29, 1.82) is 0 Å². The Labute approximate surface area is 158 Å². The van der Waals surface area contributed by atoms with Crippen LogP contribution in [-0.2, 0) is 16.1 Å². The lowest BCUT2D eigenvalue weighted by atomic mass is 10.2. The number of hydrogen-bond donors (Lipinski definition) is 1. The van der Waals surface area contributed by atoms with Crippen molar-refractivity contribution in [3.8, 4) is 0 Å². The minimum absolute atomic E-state index is 0.107. The van der Waals surface area contributed by atoms with E-state index in [4.69, 9.17) is 11.6 Å². The lowest BCUT2D eigenvalue weighted by Gasteiger charge is -2.36. The zero-order chi connectivity index (χ0) is 18.4. The molecule has 1 fully saturated rings. The molecule has 1 saturated heterocycles. The molecule has 0 unspecified atom stereocenters. The van der Waals surface area contributed by atoms with Crippen molar-refractivity contribution in [2.75, 3.05) is 31.1 Å². The van der Waals surface area contributed by atoms with Crippen LogP contribution in [0.4, 0.5) is 5.69 Å². The van der Waals surface area contributed by atoms with Crippen molar-refractivity contribution in [1.82, 2.24) is 10.2 Å². The number of halogens is 1. The van der Waals surface area contributed by atoms with Crippen LogP contribution in [-0.4, -0.2) is 42.9 Å². The smallest absolute Gasteiger partial charge is 0.232 e. The summed E-state index contributed by atoms with van der Waals surface area (Å²) >= 11 is 6.04. The van der Waals surface area contributed by atoms with Crippen LogP contribution in [0.3, 0.4) is 0 Å². The fourth-order valence-corrected chi connectivity index (χ4v) is 3.18. The van der Waals surface area contributed by atoms with Crippen molar-refractivity contribution >= 4 is 29.1 Å². The molecule has 5 nitrogen and oxygen atoms in total. The third-order valence-corrected chi connectivity index (χ3v) is 4.69. The molecule has 0 spiro atoms. The van der Waals surface area contributed by atoms with Gasteiger partial charge in [0.25, 0.3) is 0 Å². The summed E-state index contributed by atoms with van der Waals surface area (Å²) in [4.78, 5) is 28.3. The van der Waals surface area contributed by atoms with Crippen molar-refractivity contribution in [2.24, 2.45) is 0 Å². The number of nitrogens with zero attached hydrogens (tertiary/aromatic N) is 2. The van der Waals surface area contributed by atoms with E-state index in [9.17, 15) is 9.59 Å². The molecule has 0 saturated carbocycles. The van der Waals surface area contributed by atoms with E-state index in [0.29, 0.717) is 24.7 Å². The average Bonchev–Trinajstić information content (AvgIpc) is 2.67. The molecule has 1 N–H and O–H groups in total. The van der Waals surface area contributed by atoms with Crippen LogP contribution in [0.25, 0.3) is 0 Å². The number of hydrogen-bond acceptors (Lipinski definition) is 3. The van der Waals surface area contributed by atoms with E-state index >= 15 is 0 Å². The van der Waals surface area contributed by atoms with Crippen LogP contribution in [0, 0.1) is 0 Å². The first kappa shape index (κ1) is 18.3. The quantitative estimate of drug-likeness (QED) is 0.822. The summed E-state index contributed by atoms with van der Waals surface area (Å²) in [5, 5.41) is 3.50. The predicted molar refractivity (Wildman–Crippen MR) is 103 cm³/mol. The van der Waals surface area contributed by atoms with Gasteiger partial charge in [0.1, 0.15) is 6.42 Å². The summed E-state index contributed by atoms with van der Waals surface area (Å²) in [5.74, 6) is -0.363. The maximum atomic E-state index is 12.3. The largest absolute Gasteiger partial charge is 0.368 e. The number of nitrogens with one attached hydrogen (secondary N) is 1. The molecule has 0 aliphatic carbocycles. The second kappa shape index (κ2) is 8.72. The Morgan fingerprint density at radius 3 is 2.38 bits per heavy atom. The highest BCUT2D eigenvalue weighted by molar-refractivity contribution is 6.30. The standard InChI is InChI=1S/C20H22ClN3O2/c21-17-7-4-8-18(13-17)23-9-11-24(12-10-23)20(26)14-19(25)22-15-16-5-2-1-3-6-16/h1-8,13H,9-12,14-15H2,(H,22,25). The Morgan fingerprint density at radius 1 is 0.962 bits per heavy atom. The van der Waals surface area contributed by atoms with Gasteiger partial charge in [-0.1, -0.05) is 48.0 Å². The molecule has 3 rings (SSSR count). The van der Waals surface area contributed by atoms with Crippen LogP contribution >= 0.6 is 11.6 Å². The first-order chi connectivity index (χ1) is 12.6. The van der Waals surface area contributed by atoms with Crippen LogP contribution in [0.2, 0.25) is 5.02 Å². The van der Waals surface area contributed by atoms with Crippen molar-refractivity contribution in [3.05, 3.63) is 65.2 Å². The Bertz CT molecular complexity index is 759. The Hall–Kier alpha value is -2.53. The molecule has 0 atom stereocenters. The molecule has 136 valence electrons.